The first kappa shape index (κ1) is 22.1. The van der Waals surface area contributed by atoms with Gasteiger partial charge in [0.2, 0.25) is 0 Å². The number of H-pyrrole nitrogens is 1. The highest BCUT2D eigenvalue weighted by Crippen LogP contribution is 2.33. The van der Waals surface area contributed by atoms with Crippen LogP contribution in [0.3, 0.4) is 0 Å². The van der Waals surface area contributed by atoms with E-state index in [9.17, 15) is 22.8 Å². The number of piperazine rings is 1. The smallest absolute Gasteiger partial charge is 0.336 e. The second kappa shape index (κ2) is 8.57. The van der Waals surface area contributed by atoms with Crippen LogP contribution >= 0.6 is 11.3 Å². The Labute approximate surface area is 192 Å². The number of fused-ring (bicyclic) bond motifs is 3. The summed E-state index contributed by atoms with van der Waals surface area (Å²) in [6, 6.07) is 4.32. The molecule has 1 N–H and O–H groups in total. The van der Waals surface area contributed by atoms with E-state index in [0.717, 1.165) is 53.6 Å². The van der Waals surface area contributed by atoms with Gasteiger partial charge in [0.05, 0.1) is 17.5 Å². The van der Waals surface area contributed by atoms with Crippen molar-refractivity contribution < 1.29 is 18.0 Å². The van der Waals surface area contributed by atoms with Crippen LogP contribution in [-0.4, -0.2) is 51.9 Å². The van der Waals surface area contributed by atoms with Crippen molar-refractivity contribution in [3.63, 3.8) is 0 Å². The summed E-state index contributed by atoms with van der Waals surface area (Å²) in [5, 5.41) is 0.741. The van der Waals surface area contributed by atoms with Gasteiger partial charge in [0.25, 0.3) is 11.5 Å². The summed E-state index contributed by atoms with van der Waals surface area (Å²) < 4.78 is 38.2. The molecule has 1 saturated heterocycles. The first-order valence-corrected chi connectivity index (χ1v) is 11.8. The number of hydrogen-bond donors (Lipinski definition) is 1. The van der Waals surface area contributed by atoms with Gasteiger partial charge in [-0.05, 0) is 55.5 Å². The van der Waals surface area contributed by atoms with Crippen LogP contribution in [0.4, 0.5) is 13.2 Å². The third-order valence-electron chi connectivity index (χ3n) is 6.37. The minimum atomic E-state index is -4.42. The van der Waals surface area contributed by atoms with Crippen molar-refractivity contribution in [2.75, 3.05) is 26.2 Å². The lowest BCUT2D eigenvalue weighted by Crippen LogP contribution is -2.48. The van der Waals surface area contributed by atoms with Crippen molar-refractivity contribution in [1.82, 2.24) is 19.8 Å². The predicted molar refractivity (Wildman–Crippen MR) is 120 cm³/mol. The predicted octanol–water partition coefficient (Wildman–Crippen LogP) is 3.84. The molecule has 0 unspecified atom stereocenters. The van der Waals surface area contributed by atoms with Crippen LogP contribution in [0.25, 0.3) is 10.2 Å². The topological polar surface area (TPSA) is 69.3 Å². The number of thiophene rings is 1. The Kier molecular flexibility index (Phi) is 5.74. The molecule has 1 aliphatic heterocycles. The van der Waals surface area contributed by atoms with Gasteiger partial charge in [0, 0.05) is 36.6 Å². The molecule has 1 fully saturated rings. The van der Waals surface area contributed by atoms with Crippen molar-refractivity contribution in [3.8, 4) is 0 Å². The number of carbonyl (C=O) groups excluding carboxylic acids is 1. The lowest BCUT2D eigenvalue weighted by atomic mass is 9.97. The van der Waals surface area contributed by atoms with Gasteiger partial charge in [0.1, 0.15) is 10.7 Å². The maximum atomic E-state index is 12.7. The number of aromatic amines is 1. The maximum absolute atomic E-state index is 12.7. The Balaban J connectivity index is 1.23. The first-order chi connectivity index (χ1) is 15.8. The Morgan fingerprint density at radius 3 is 2.45 bits per heavy atom. The SMILES string of the molecule is O=C(c1ccc(C(F)(F)F)cc1)N1CCN(Cc2nc3sc4c(c3c(=O)[nH]2)CCCC4)CC1. The van der Waals surface area contributed by atoms with Gasteiger partial charge in [-0.3, -0.25) is 14.5 Å². The van der Waals surface area contributed by atoms with Crippen LogP contribution in [-0.2, 0) is 25.6 Å². The number of amides is 1. The minimum Gasteiger partial charge on any atom is -0.336 e. The van der Waals surface area contributed by atoms with Crippen LogP contribution in [0.2, 0.25) is 0 Å². The van der Waals surface area contributed by atoms with Crippen LogP contribution < -0.4 is 5.56 Å². The second-order valence-electron chi connectivity index (χ2n) is 8.55. The number of nitrogens with one attached hydrogen (secondary N) is 1. The molecule has 1 aromatic carbocycles. The van der Waals surface area contributed by atoms with E-state index < -0.39 is 11.7 Å². The molecular formula is C23H23F3N4O2S. The molecule has 174 valence electrons. The largest absolute Gasteiger partial charge is 0.416 e. The van der Waals surface area contributed by atoms with Gasteiger partial charge in [-0.1, -0.05) is 0 Å². The summed E-state index contributed by atoms with van der Waals surface area (Å²) in [5.74, 6) is 0.342. The number of rotatable bonds is 3. The number of aromatic nitrogens is 2. The molecule has 2 aromatic heterocycles. The second-order valence-corrected chi connectivity index (χ2v) is 9.63. The molecule has 33 heavy (non-hydrogen) atoms. The number of aryl methyl sites for hydroxylation is 2. The Hall–Kier alpha value is -2.72. The molecule has 2 aliphatic rings. The van der Waals surface area contributed by atoms with Crippen molar-refractivity contribution in [2.24, 2.45) is 0 Å². The summed E-state index contributed by atoms with van der Waals surface area (Å²) in [6.07, 6.45) is -0.211. The molecule has 3 aromatic rings. The molecule has 6 nitrogen and oxygen atoms in total. The molecule has 1 amide bonds. The molecule has 0 radical (unpaired) electrons. The van der Waals surface area contributed by atoms with E-state index >= 15 is 0 Å². The summed E-state index contributed by atoms with van der Waals surface area (Å²) >= 11 is 1.62. The Morgan fingerprint density at radius 1 is 1.06 bits per heavy atom. The fraction of sp³-hybridized carbons (Fsp3) is 0.435. The van der Waals surface area contributed by atoms with Crippen molar-refractivity contribution in [3.05, 3.63) is 62.0 Å². The lowest BCUT2D eigenvalue weighted by Gasteiger charge is -2.34. The number of carbonyl (C=O) groups is 1. The minimum absolute atomic E-state index is 0.0782. The number of benzene rings is 1. The molecule has 0 saturated carbocycles. The number of nitrogens with zero attached hydrogens (tertiary/aromatic N) is 3. The van der Waals surface area contributed by atoms with Crippen LogP contribution in [0.15, 0.2) is 29.1 Å². The van der Waals surface area contributed by atoms with E-state index in [-0.39, 0.29) is 17.0 Å². The van der Waals surface area contributed by atoms with E-state index in [2.05, 4.69) is 9.88 Å². The van der Waals surface area contributed by atoms with E-state index in [1.807, 2.05) is 0 Å². The van der Waals surface area contributed by atoms with Gasteiger partial charge in [0.15, 0.2) is 0 Å². The third-order valence-corrected chi connectivity index (χ3v) is 7.55. The van der Waals surface area contributed by atoms with Crippen molar-refractivity contribution in [1.29, 1.82) is 0 Å². The van der Waals surface area contributed by atoms with E-state index in [1.165, 1.54) is 17.0 Å². The summed E-state index contributed by atoms with van der Waals surface area (Å²) in [6.45, 7) is 2.58. The van der Waals surface area contributed by atoms with E-state index in [0.29, 0.717) is 38.5 Å². The van der Waals surface area contributed by atoms with Gasteiger partial charge in [-0.2, -0.15) is 13.2 Å². The van der Waals surface area contributed by atoms with Gasteiger partial charge >= 0.3 is 6.18 Å². The zero-order valence-electron chi connectivity index (χ0n) is 17.9. The molecule has 0 atom stereocenters. The van der Waals surface area contributed by atoms with Crippen molar-refractivity contribution >= 4 is 27.5 Å². The number of halogens is 3. The molecule has 1 aliphatic carbocycles. The highest BCUT2D eigenvalue weighted by molar-refractivity contribution is 7.18. The van der Waals surface area contributed by atoms with Crippen LogP contribution in [0.1, 0.15) is 45.0 Å². The normalized spacial score (nSPS) is 17.4. The summed E-state index contributed by atoms with van der Waals surface area (Å²) in [4.78, 5) is 38.9. The quantitative estimate of drug-likeness (QED) is 0.624. The molecule has 5 rings (SSSR count). The third kappa shape index (κ3) is 4.41. The number of hydrogen-bond acceptors (Lipinski definition) is 5. The van der Waals surface area contributed by atoms with Crippen LogP contribution in [0, 0.1) is 0 Å². The zero-order valence-corrected chi connectivity index (χ0v) is 18.7. The molecule has 0 spiro atoms. The summed E-state index contributed by atoms with van der Waals surface area (Å²) in [5.41, 5.74) is 0.561. The van der Waals surface area contributed by atoms with Crippen molar-refractivity contribution in [2.45, 2.75) is 38.4 Å². The summed E-state index contributed by atoms with van der Waals surface area (Å²) in [7, 11) is 0. The molecular weight excluding hydrogens is 453 g/mol. The molecule has 3 heterocycles. The van der Waals surface area contributed by atoms with Crippen LogP contribution in [0.5, 0.6) is 0 Å². The highest BCUT2D eigenvalue weighted by Gasteiger charge is 2.31. The Morgan fingerprint density at radius 2 is 1.76 bits per heavy atom. The fourth-order valence-corrected chi connectivity index (χ4v) is 5.87. The monoisotopic (exact) mass is 476 g/mol. The average Bonchev–Trinajstić information content (AvgIpc) is 3.17. The maximum Gasteiger partial charge on any atom is 0.416 e. The molecule has 0 bridgehead atoms. The van der Waals surface area contributed by atoms with Gasteiger partial charge in [-0.25, -0.2) is 4.98 Å². The van der Waals surface area contributed by atoms with E-state index in [4.69, 9.17) is 4.98 Å². The lowest BCUT2D eigenvalue weighted by molar-refractivity contribution is -0.137. The molecule has 10 heteroatoms. The van der Waals surface area contributed by atoms with Gasteiger partial charge in [-0.15, -0.1) is 11.3 Å². The number of alkyl halides is 3. The van der Waals surface area contributed by atoms with E-state index in [1.54, 1.807) is 16.2 Å². The standard InChI is InChI=1S/C23H23F3N4O2S/c24-23(25,26)15-7-5-14(6-8-15)22(32)30-11-9-29(10-12-30)13-18-27-20(31)19-16-3-1-2-4-17(16)33-21(19)28-18/h5-8H,1-4,9-13H2,(H,27,28,31). The average molecular weight is 477 g/mol. The first-order valence-electron chi connectivity index (χ1n) is 11.0. The Bertz CT molecular complexity index is 1240. The zero-order chi connectivity index (χ0) is 23.2. The highest BCUT2D eigenvalue weighted by atomic mass is 32.1. The fourth-order valence-electron chi connectivity index (χ4n) is 4.59. The van der Waals surface area contributed by atoms with Gasteiger partial charge < -0.3 is 9.88 Å².